The first-order chi connectivity index (χ1) is 8.65. The average Bonchev–Trinajstić information content (AvgIpc) is 3.13. The molecule has 100 valence electrons. The second kappa shape index (κ2) is 4.55. The normalized spacial score (nSPS) is 22.0. The third kappa shape index (κ3) is 2.51. The molecule has 1 aliphatic heterocycles. The summed E-state index contributed by atoms with van der Waals surface area (Å²) in [6.07, 6.45) is 6.74. The molecule has 2 fully saturated rings. The number of sulfonamides is 1. The Kier molecular flexibility index (Phi) is 3.03. The van der Waals surface area contributed by atoms with Crippen LogP contribution < -0.4 is 4.72 Å². The van der Waals surface area contributed by atoms with Gasteiger partial charge in [0.15, 0.2) is 0 Å². The summed E-state index contributed by atoms with van der Waals surface area (Å²) in [5, 5.41) is 4.03. The summed E-state index contributed by atoms with van der Waals surface area (Å²) in [7, 11) is -3.19. The van der Waals surface area contributed by atoms with Crippen LogP contribution in [0.15, 0.2) is 12.4 Å². The molecular weight excluding hydrogens is 254 g/mol. The van der Waals surface area contributed by atoms with Crippen LogP contribution in [0, 0.1) is 0 Å². The number of hydrogen-bond donors (Lipinski definition) is 1. The molecule has 2 aliphatic rings. The smallest absolute Gasteiger partial charge is 0.235 e. The van der Waals surface area contributed by atoms with Crippen molar-refractivity contribution in [2.24, 2.45) is 0 Å². The Balaban J connectivity index is 1.69. The van der Waals surface area contributed by atoms with Gasteiger partial charge in [0.25, 0.3) is 0 Å². The first-order valence-electron chi connectivity index (χ1n) is 6.29. The van der Waals surface area contributed by atoms with Gasteiger partial charge in [0.2, 0.25) is 10.0 Å². The van der Waals surface area contributed by atoms with E-state index in [2.05, 4.69) is 9.82 Å². The lowest BCUT2D eigenvalue weighted by Crippen LogP contribution is -2.20. The Morgan fingerprint density at radius 3 is 2.67 bits per heavy atom. The lowest BCUT2D eigenvalue weighted by Gasteiger charge is -2.22. The van der Waals surface area contributed by atoms with Crippen molar-refractivity contribution >= 4 is 15.7 Å². The van der Waals surface area contributed by atoms with Crippen molar-refractivity contribution in [3.8, 4) is 0 Å². The molecule has 18 heavy (non-hydrogen) atoms. The van der Waals surface area contributed by atoms with E-state index < -0.39 is 10.0 Å². The summed E-state index contributed by atoms with van der Waals surface area (Å²) in [5.41, 5.74) is 0.563. The highest BCUT2D eigenvalue weighted by atomic mass is 32.2. The largest absolute Gasteiger partial charge is 0.381 e. The predicted molar refractivity (Wildman–Crippen MR) is 66.9 cm³/mol. The molecule has 2 heterocycles. The molecule has 1 aromatic rings. The minimum absolute atomic E-state index is 0.205. The second-order valence-corrected chi connectivity index (χ2v) is 6.86. The van der Waals surface area contributed by atoms with Crippen LogP contribution >= 0.6 is 0 Å². The molecule has 0 amide bonds. The highest BCUT2D eigenvalue weighted by Crippen LogP contribution is 2.30. The molecule has 7 heteroatoms. The number of anilines is 1. The van der Waals surface area contributed by atoms with Gasteiger partial charge in [0, 0.05) is 19.4 Å². The van der Waals surface area contributed by atoms with Crippen LogP contribution in [-0.4, -0.2) is 36.7 Å². The van der Waals surface area contributed by atoms with Crippen LogP contribution in [-0.2, 0) is 14.8 Å². The standard InChI is InChI=1S/C11H17N3O3S/c15-18(16,11-1-2-11)13-9-7-12-14(8-9)10-3-5-17-6-4-10/h7-8,10-11,13H,1-6H2. The maximum atomic E-state index is 11.8. The third-order valence-electron chi connectivity index (χ3n) is 3.39. The lowest BCUT2D eigenvalue weighted by atomic mass is 10.1. The van der Waals surface area contributed by atoms with Crippen LogP contribution in [0.3, 0.4) is 0 Å². The van der Waals surface area contributed by atoms with Gasteiger partial charge in [0.05, 0.1) is 23.2 Å². The Morgan fingerprint density at radius 1 is 1.28 bits per heavy atom. The van der Waals surface area contributed by atoms with Gasteiger partial charge in [-0.1, -0.05) is 0 Å². The van der Waals surface area contributed by atoms with E-state index in [1.54, 1.807) is 12.4 Å². The van der Waals surface area contributed by atoms with Crippen molar-refractivity contribution < 1.29 is 13.2 Å². The first kappa shape index (κ1) is 12.0. The Hall–Kier alpha value is -1.08. The molecule has 1 aliphatic carbocycles. The fourth-order valence-electron chi connectivity index (χ4n) is 2.17. The van der Waals surface area contributed by atoms with Gasteiger partial charge >= 0.3 is 0 Å². The molecule has 1 saturated carbocycles. The molecule has 0 radical (unpaired) electrons. The topological polar surface area (TPSA) is 73.2 Å². The van der Waals surface area contributed by atoms with Gasteiger partial charge in [-0.25, -0.2) is 8.42 Å². The molecule has 0 unspecified atom stereocenters. The zero-order valence-corrected chi connectivity index (χ0v) is 10.9. The number of hydrogen-bond acceptors (Lipinski definition) is 4. The maximum Gasteiger partial charge on any atom is 0.235 e. The van der Waals surface area contributed by atoms with Crippen molar-refractivity contribution in [3.63, 3.8) is 0 Å². The van der Waals surface area contributed by atoms with Crippen molar-refractivity contribution in [2.45, 2.75) is 37.0 Å². The molecule has 0 atom stereocenters. The Labute approximate surface area is 106 Å². The van der Waals surface area contributed by atoms with Crippen molar-refractivity contribution in [2.75, 3.05) is 17.9 Å². The van der Waals surface area contributed by atoms with Gasteiger partial charge in [-0.05, 0) is 25.7 Å². The van der Waals surface area contributed by atoms with E-state index in [4.69, 9.17) is 4.74 Å². The van der Waals surface area contributed by atoms with E-state index in [1.165, 1.54) is 0 Å². The van der Waals surface area contributed by atoms with Crippen LogP contribution in [0.4, 0.5) is 5.69 Å². The van der Waals surface area contributed by atoms with Crippen LogP contribution in [0.2, 0.25) is 0 Å². The van der Waals surface area contributed by atoms with Gasteiger partial charge in [-0.2, -0.15) is 5.10 Å². The molecular formula is C11H17N3O3S. The number of nitrogens with zero attached hydrogens (tertiary/aromatic N) is 2. The van der Waals surface area contributed by atoms with Crippen molar-refractivity contribution in [3.05, 3.63) is 12.4 Å². The van der Waals surface area contributed by atoms with Gasteiger partial charge < -0.3 is 4.74 Å². The summed E-state index contributed by atoms with van der Waals surface area (Å²) < 4.78 is 33.3. The van der Waals surface area contributed by atoms with Crippen LogP contribution in [0.1, 0.15) is 31.7 Å². The molecule has 1 aromatic heterocycles. The number of nitrogens with one attached hydrogen (secondary N) is 1. The molecule has 3 rings (SSSR count). The van der Waals surface area contributed by atoms with Gasteiger partial charge in [-0.3, -0.25) is 9.40 Å². The fourth-order valence-corrected chi connectivity index (χ4v) is 3.52. The molecule has 0 bridgehead atoms. The summed E-state index contributed by atoms with van der Waals surface area (Å²) in [6.45, 7) is 1.49. The van der Waals surface area contributed by atoms with E-state index in [9.17, 15) is 8.42 Å². The summed E-state index contributed by atoms with van der Waals surface area (Å²) >= 11 is 0. The minimum atomic E-state index is -3.19. The Bertz CT molecular complexity index is 515. The van der Waals surface area contributed by atoms with E-state index in [-0.39, 0.29) is 5.25 Å². The second-order valence-electron chi connectivity index (χ2n) is 4.90. The van der Waals surface area contributed by atoms with E-state index in [0.717, 1.165) is 38.9 Å². The van der Waals surface area contributed by atoms with E-state index >= 15 is 0 Å². The number of ether oxygens (including phenoxy) is 1. The quantitative estimate of drug-likeness (QED) is 0.891. The fraction of sp³-hybridized carbons (Fsp3) is 0.727. The van der Waals surface area contributed by atoms with Crippen LogP contribution in [0.25, 0.3) is 0 Å². The maximum absolute atomic E-state index is 11.8. The van der Waals surface area contributed by atoms with Crippen molar-refractivity contribution in [1.29, 1.82) is 0 Å². The van der Waals surface area contributed by atoms with Gasteiger partial charge in [0.1, 0.15) is 0 Å². The first-order valence-corrected chi connectivity index (χ1v) is 7.83. The molecule has 0 spiro atoms. The van der Waals surface area contributed by atoms with E-state index in [1.807, 2.05) is 4.68 Å². The van der Waals surface area contributed by atoms with E-state index in [0.29, 0.717) is 11.7 Å². The summed E-state index contributed by atoms with van der Waals surface area (Å²) in [4.78, 5) is 0. The van der Waals surface area contributed by atoms with Crippen molar-refractivity contribution in [1.82, 2.24) is 9.78 Å². The lowest BCUT2D eigenvalue weighted by molar-refractivity contribution is 0.0662. The zero-order chi connectivity index (χ0) is 12.6. The van der Waals surface area contributed by atoms with Gasteiger partial charge in [-0.15, -0.1) is 0 Å². The number of rotatable bonds is 4. The molecule has 1 saturated heterocycles. The van der Waals surface area contributed by atoms with Crippen LogP contribution in [0.5, 0.6) is 0 Å². The monoisotopic (exact) mass is 271 g/mol. The zero-order valence-electron chi connectivity index (χ0n) is 10.1. The minimum Gasteiger partial charge on any atom is -0.381 e. The predicted octanol–water partition coefficient (Wildman–Crippen LogP) is 1.14. The average molecular weight is 271 g/mol. The highest BCUT2D eigenvalue weighted by Gasteiger charge is 2.36. The highest BCUT2D eigenvalue weighted by molar-refractivity contribution is 7.93. The molecule has 1 N–H and O–H groups in total. The number of aromatic nitrogens is 2. The summed E-state index contributed by atoms with van der Waals surface area (Å²) in [6, 6.07) is 0.318. The third-order valence-corrected chi connectivity index (χ3v) is 5.26. The SMILES string of the molecule is O=S(=O)(Nc1cnn(C2CCOCC2)c1)C1CC1. The molecule has 6 nitrogen and oxygen atoms in total. The Morgan fingerprint density at radius 2 is 2.00 bits per heavy atom. The summed E-state index contributed by atoms with van der Waals surface area (Å²) in [5.74, 6) is 0. The molecule has 0 aromatic carbocycles.